The molecular formula is C16H14Cl2N6O3. The fourth-order valence-corrected chi connectivity index (χ4v) is 2.84. The van der Waals surface area contributed by atoms with Crippen LogP contribution in [0.4, 0.5) is 11.5 Å². The number of carbonyl (C=O) groups excluding carboxylic acids is 1. The summed E-state index contributed by atoms with van der Waals surface area (Å²) >= 11 is 12.3. The standard InChI is InChI=1S/C16H14Cl2N6O3/c1-10-14(24(26)27)8-23(20-10)9-15(25)19-16-13(18)7-22(21-16)6-11-4-2-3-5-12(11)17/h2-5,7-8H,6,9H2,1H3,(H,19,21,25). The Hall–Kier alpha value is -2.91. The first kappa shape index (κ1) is 18.9. The van der Waals surface area contributed by atoms with Crippen molar-refractivity contribution >= 4 is 40.6 Å². The van der Waals surface area contributed by atoms with Gasteiger partial charge >= 0.3 is 5.69 Å². The van der Waals surface area contributed by atoms with Crippen molar-refractivity contribution in [2.45, 2.75) is 20.0 Å². The number of halogens is 2. The minimum atomic E-state index is -0.552. The van der Waals surface area contributed by atoms with Crippen LogP contribution in [-0.4, -0.2) is 30.4 Å². The molecule has 1 aromatic carbocycles. The largest absolute Gasteiger partial charge is 0.309 e. The van der Waals surface area contributed by atoms with Gasteiger partial charge in [-0.2, -0.15) is 10.2 Å². The minimum Gasteiger partial charge on any atom is -0.306 e. The molecule has 0 aliphatic rings. The lowest BCUT2D eigenvalue weighted by molar-refractivity contribution is -0.385. The van der Waals surface area contributed by atoms with Crippen LogP contribution in [0.15, 0.2) is 36.7 Å². The number of hydrogen-bond donors (Lipinski definition) is 1. The molecule has 0 saturated heterocycles. The Morgan fingerprint density at radius 1 is 1.19 bits per heavy atom. The van der Waals surface area contributed by atoms with Gasteiger partial charge in [0.2, 0.25) is 5.91 Å². The molecule has 2 aromatic heterocycles. The molecule has 3 rings (SSSR count). The Labute approximate surface area is 163 Å². The number of nitrogens with one attached hydrogen (secondary N) is 1. The van der Waals surface area contributed by atoms with Gasteiger partial charge in [-0.25, -0.2) is 0 Å². The van der Waals surface area contributed by atoms with E-state index in [9.17, 15) is 14.9 Å². The maximum absolute atomic E-state index is 12.2. The number of nitro groups is 1. The van der Waals surface area contributed by atoms with Crippen LogP contribution in [-0.2, 0) is 17.9 Å². The summed E-state index contributed by atoms with van der Waals surface area (Å²) in [7, 11) is 0. The highest BCUT2D eigenvalue weighted by Gasteiger charge is 2.18. The molecular weight excluding hydrogens is 395 g/mol. The van der Waals surface area contributed by atoms with Gasteiger partial charge in [0.25, 0.3) is 0 Å². The monoisotopic (exact) mass is 408 g/mol. The molecule has 0 aliphatic carbocycles. The third kappa shape index (κ3) is 4.44. The van der Waals surface area contributed by atoms with E-state index in [4.69, 9.17) is 23.2 Å². The van der Waals surface area contributed by atoms with Crippen molar-refractivity contribution in [3.05, 3.63) is 68.1 Å². The Kier molecular flexibility index (Phi) is 5.43. The van der Waals surface area contributed by atoms with Gasteiger partial charge in [0.1, 0.15) is 23.5 Å². The molecule has 11 heteroatoms. The molecule has 3 aromatic rings. The molecule has 0 bridgehead atoms. The number of benzene rings is 1. The van der Waals surface area contributed by atoms with Crippen LogP contribution >= 0.6 is 23.2 Å². The first-order chi connectivity index (χ1) is 12.8. The number of anilines is 1. The molecule has 9 nitrogen and oxygen atoms in total. The fourth-order valence-electron chi connectivity index (χ4n) is 2.45. The van der Waals surface area contributed by atoms with Crippen LogP contribution in [0.5, 0.6) is 0 Å². The summed E-state index contributed by atoms with van der Waals surface area (Å²) < 4.78 is 2.75. The molecule has 0 spiro atoms. The number of aromatic nitrogens is 4. The van der Waals surface area contributed by atoms with E-state index in [-0.39, 0.29) is 28.8 Å². The SMILES string of the molecule is Cc1nn(CC(=O)Nc2nn(Cc3ccccc3Cl)cc2Cl)cc1[N+](=O)[O-]. The average molecular weight is 409 g/mol. The first-order valence-corrected chi connectivity index (χ1v) is 8.53. The Bertz CT molecular complexity index is 1010. The highest BCUT2D eigenvalue weighted by atomic mass is 35.5. The second-order valence-corrected chi connectivity index (χ2v) is 6.53. The molecule has 0 unspecified atom stereocenters. The van der Waals surface area contributed by atoms with E-state index in [1.54, 1.807) is 16.9 Å². The van der Waals surface area contributed by atoms with Gasteiger partial charge in [-0.1, -0.05) is 41.4 Å². The Balaban J connectivity index is 1.68. The van der Waals surface area contributed by atoms with Crippen LogP contribution in [0.1, 0.15) is 11.3 Å². The molecule has 0 radical (unpaired) electrons. The van der Waals surface area contributed by atoms with E-state index in [2.05, 4.69) is 15.5 Å². The summed E-state index contributed by atoms with van der Waals surface area (Å²) in [5, 5.41) is 22.5. The third-order valence-corrected chi connectivity index (χ3v) is 4.33. The second-order valence-electron chi connectivity index (χ2n) is 5.72. The van der Waals surface area contributed by atoms with Crippen LogP contribution in [0, 0.1) is 17.0 Å². The van der Waals surface area contributed by atoms with E-state index in [0.29, 0.717) is 11.6 Å². The summed E-state index contributed by atoms with van der Waals surface area (Å²) in [4.78, 5) is 22.5. The summed E-state index contributed by atoms with van der Waals surface area (Å²) in [5.41, 5.74) is 0.940. The summed E-state index contributed by atoms with van der Waals surface area (Å²) in [6.07, 6.45) is 2.77. The predicted molar refractivity (Wildman–Crippen MR) is 100 cm³/mol. The second kappa shape index (κ2) is 7.77. The van der Waals surface area contributed by atoms with Crippen molar-refractivity contribution < 1.29 is 9.72 Å². The topological polar surface area (TPSA) is 108 Å². The zero-order valence-electron chi connectivity index (χ0n) is 14.1. The molecule has 0 aliphatic heterocycles. The van der Waals surface area contributed by atoms with Gasteiger partial charge in [0, 0.05) is 11.2 Å². The van der Waals surface area contributed by atoms with Crippen molar-refractivity contribution in [3.63, 3.8) is 0 Å². The quantitative estimate of drug-likeness (QED) is 0.497. The zero-order valence-corrected chi connectivity index (χ0v) is 15.6. The van der Waals surface area contributed by atoms with Gasteiger partial charge in [-0.15, -0.1) is 0 Å². The molecule has 1 amide bonds. The van der Waals surface area contributed by atoms with Gasteiger partial charge in [-0.3, -0.25) is 24.3 Å². The van der Waals surface area contributed by atoms with Crippen LogP contribution < -0.4 is 5.32 Å². The maximum Gasteiger partial charge on any atom is 0.309 e. The zero-order chi connectivity index (χ0) is 19.6. The normalized spacial score (nSPS) is 10.8. The lowest BCUT2D eigenvalue weighted by Gasteiger charge is -2.04. The number of amides is 1. The van der Waals surface area contributed by atoms with E-state index < -0.39 is 10.8 Å². The minimum absolute atomic E-state index is 0.148. The third-order valence-electron chi connectivity index (χ3n) is 3.69. The Morgan fingerprint density at radius 2 is 1.93 bits per heavy atom. The van der Waals surface area contributed by atoms with E-state index in [1.165, 1.54) is 17.8 Å². The first-order valence-electron chi connectivity index (χ1n) is 7.78. The van der Waals surface area contributed by atoms with Crippen molar-refractivity contribution in [1.82, 2.24) is 19.6 Å². The predicted octanol–water partition coefficient (Wildman–Crippen LogP) is 3.29. The number of aryl methyl sites for hydroxylation is 1. The summed E-state index contributed by atoms with van der Waals surface area (Å²) in [6.45, 7) is 1.68. The molecule has 0 saturated carbocycles. The molecule has 1 N–H and O–H groups in total. The van der Waals surface area contributed by atoms with Crippen LogP contribution in [0.25, 0.3) is 0 Å². The average Bonchev–Trinajstić information content (AvgIpc) is 3.12. The van der Waals surface area contributed by atoms with Gasteiger partial charge in [0.05, 0.1) is 11.5 Å². The van der Waals surface area contributed by atoms with E-state index in [1.807, 2.05) is 18.2 Å². The van der Waals surface area contributed by atoms with Gasteiger partial charge in [-0.05, 0) is 18.6 Å². The highest BCUT2D eigenvalue weighted by Crippen LogP contribution is 2.22. The van der Waals surface area contributed by atoms with Crippen LogP contribution in [0.2, 0.25) is 10.0 Å². The molecule has 2 heterocycles. The lowest BCUT2D eigenvalue weighted by atomic mass is 10.2. The molecule has 27 heavy (non-hydrogen) atoms. The number of rotatable bonds is 6. The van der Waals surface area contributed by atoms with Crippen molar-refractivity contribution in [3.8, 4) is 0 Å². The Morgan fingerprint density at radius 3 is 2.59 bits per heavy atom. The van der Waals surface area contributed by atoms with Crippen molar-refractivity contribution in [2.24, 2.45) is 0 Å². The number of nitrogens with zero attached hydrogens (tertiary/aromatic N) is 5. The lowest BCUT2D eigenvalue weighted by Crippen LogP contribution is -2.19. The van der Waals surface area contributed by atoms with Gasteiger partial charge < -0.3 is 5.32 Å². The molecule has 0 fully saturated rings. The molecule has 0 atom stereocenters. The molecule has 140 valence electrons. The number of carbonyl (C=O) groups is 1. The smallest absolute Gasteiger partial charge is 0.306 e. The van der Waals surface area contributed by atoms with Gasteiger partial charge in [0.15, 0.2) is 5.82 Å². The van der Waals surface area contributed by atoms with E-state index in [0.717, 1.165) is 5.56 Å². The highest BCUT2D eigenvalue weighted by molar-refractivity contribution is 6.33. The van der Waals surface area contributed by atoms with Crippen molar-refractivity contribution in [2.75, 3.05) is 5.32 Å². The van der Waals surface area contributed by atoms with E-state index >= 15 is 0 Å². The summed E-state index contributed by atoms with van der Waals surface area (Å²) in [6, 6.07) is 7.33. The number of hydrogen-bond acceptors (Lipinski definition) is 5. The fraction of sp³-hybridized carbons (Fsp3) is 0.188. The van der Waals surface area contributed by atoms with Crippen molar-refractivity contribution in [1.29, 1.82) is 0 Å². The summed E-state index contributed by atoms with van der Waals surface area (Å²) in [5.74, 6) is -0.274. The van der Waals surface area contributed by atoms with Crippen LogP contribution in [0.3, 0.4) is 0 Å². The maximum atomic E-state index is 12.2.